The first-order valence-electron chi connectivity index (χ1n) is 7.17. The number of Topliss-reactive ketones (excluding diaryl/α,β-unsaturated/α-hetero) is 1. The number of benzene rings is 1. The van der Waals surface area contributed by atoms with Gasteiger partial charge in [0.1, 0.15) is 10.8 Å². The summed E-state index contributed by atoms with van der Waals surface area (Å²) in [7, 11) is 0. The third-order valence-corrected chi connectivity index (χ3v) is 5.70. The van der Waals surface area contributed by atoms with Crippen LogP contribution in [0.5, 0.6) is 5.75 Å². The van der Waals surface area contributed by atoms with E-state index < -0.39 is 5.41 Å². The number of carbonyl (C=O) groups is 1. The van der Waals surface area contributed by atoms with Gasteiger partial charge in [0, 0.05) is 11.0 Å². The van der Waals surface area contributed by atoms with E-state index in [-0.39, 0.29) is 21.6 Å². The van der Waals surface area contributed by atoms with Crippen LogP contribution < -0.4 is 0 Å². The molecule has 108 valence electrons. The first-order chi connectivity index (χ1) is 9.42. The molecule has 1 aromatic carbocycles. The molecular weight excluding hydrogens is 295 g/mol. The van der Waals surface area contributed by atoms with Gasteiger partial charge in [0.2, 0.25) is 0 Å². The zero-order valence-corrected chi connectivity index (χ0v) is 13.0. The summed E-state index contributed by atoms with van der Waals surface area (Å²) in [6.07, 6.45) is 6.56. The van der Waals surface area contributed by atoms with Crippen molar-refractivity contribution in [2.75, 3.05) is 0 Å². The molecule has 0 bridgehead atoms. The second-order valence-corrected chi connectivity index (χ2v) is 7.23. The van der Waals surface area contributed by atoms with Gasteiger partial charge in [0.05, 0.1) is 5.02 Å². The van der Waals surface area contributed by atoms with Gasteiger partial charge in [0.25, 0.3) is 0 Å². The molecule has 0 aromatic heterocycles. The predicted molar refractivity (Wildman–Crippen MR) is 80.8 cm³/mol. The topological polar surface area (TPSA) is 37.3 Å². The molecule has 1 saturated carbocycles. The van der Waals surface area contributed by atoms with Gasteiger partial charge in [-0.1, -0.05) is 55.8 Å². The van der Waals surface area contributed by atoms with Crippen molar-refractivity contribution < 1.29 is 9.90 Å². The van der Waals surface area contributed by atoms with Crippen LogP contribution in [-0.2, 0) is 6.42 Å². The molecule has 0 amide bonds. The van der Waals surface area contributed by atoms with Crippen LogP contribution >= 0.6 is 23.2 Å². The molecule has 20 heavy (non-hydrogen) atoms. The molecule has 0 saturated heterocycles. The maximum atomic E-state index is 12.8. The minimum absolute atomic E-state index is 0.0340. The van der Waals surface area contributed by atoms with Crippen molar-refractivity contribution in [1.29, 1.82) is 0 Å². The molecular formula is C16H18Cl2O2. The molecule has 3 rings (SSSR count). The highest BCUT2D eigenvalue weighted by Crippen LogP contribution is 2.49. The quantitative estimate of drug-likeness (QED) is 0.832. The number of carbonyl (C=O) groups excluding carboxylic acids is 1. The lowest BCUT2D eigenvalue weighted by Gasteiger charge is -2.25. The van der Waals surface area contributed by atoms with Crippen LogP contribution in [0.25, 0.3) is 0 Å². The van der Waals surface area contributed by atoms with Gasteiger partial charge in [-0.15, -0.1) is 0 Å². The van der Waals surface area contributed by atoms with Crippen molar-refractivity contribution in [3.05, 3.63) is 27.2 Å². The van der Waals surface area contributed by atoms with Crippen LogP contribution in [0.15, 0.2) is 6.07 Å². The Morgan fingerprint density at radius 2 is 1.95 bits per heavy atom. The van der Waals surface area contributed by atoms with Crippen LogP contribution in [0.4, 0.5) is 0 Å². The zero-order valence-electron chi connectivity index (χ0n) is 11.5. The van der Waals surface area contributed by atoms with Crippen molar-refractivity contribution in [3.8, 4) is 5.75 Å². The Kier molecular flexibility index (Phi) is 3.50. The van der Waals surface area contributed by atoms with Crippen LogP contribution in [-0.4, -0.2) is 10.9 Å². The van der Waals surface area contributed by atoms with Crippen LogP contribution in [0.2, 0.25) is 10.0 Å². The zero-order chi connectivity index (χ0) is 14.5. The average molecular weight is 313 g/mol. The van der Waals surface area contributed by atoms with Gasteiger partial charge in [-0.2, -0.15) is 0 Å². The second kappa shape index (κ2) is 4.92. The molecule has 0 aliphatic heterocycles. The average Bonchev–Trinajstić information content (AvgIpc) is 2.95. The third-order valence-electron chi connectivity index (χ3n) is 4.84. The molecule has 1 atom stereocenters. The lowest BCUT2D eigenvalue weighted by Crippen LogP contribution is -2.26. The number of aromatic hydroxyl groups is 1. The highest BCUT2D eigenvalue weighted by atomic mass is 35.5. The Morgan fingerprint density at radius 3 is 2.60 bits per heavy atom. The predicted octanol–water partition coefficient (Wildman–Crippen LogP) is 5.02. The summed E-state index contributed by atoms with van der Waals surface area (Å²) in [5.41, 5.74) is 0.968. The van der Waals surface area contributed by atoms with E-state index >= 15 is 0 Å². The number of phenolic OH excluding ortho intramolecular Hbond substituents is 1. The van der Waals surface area contributed by atoms with Crippen LogP contribution in [0, 0.1) is 11.3 Å². The minimum atomic E-state index is -0.391. The van der Waals surface area contributed by atoms with Crippen LogP contribution in [0.1, 0.15) is 54.9 Å². The molecule has 4 heteroatoms. The van der Waals surface area contributed by atoms with Crippen molar-refractivity contribution in [2.24, 2.45) is 11.3 Å². The highest BCUT2D eigenvalue weighted by molar-refractivity contribution is 6.45. The number of rotatable bonds is 2. The summed E-state index contributed by atoms with van der Waals surface area (Å²) in [5, 5.41) is 10.1. The summed E-state index contributed by atoms with van der Waals surface area (Å²) in [6.45, 7) is 2.02. The van der Waals surface area contributed by atoms with E-state index in [1.54, 1.807) is 6.07 Å². The van der Waals surface area contributed by atoms with E-state index in [4.69, 9.17) is 23.2 Å². The fraction of sp³-hybridized carbons (Fsp3) is 0.562. The van der Waals surface area contributed by atoms with Gasteiger partial charge < -0.3 is 5.11 Å². The number of hydrogen-bond donors (Lipinski definition) is 1. The van der Waals surface area contributed by atoms with E-state index in [0.717, 1.165) is 12.0 Å². The normalized spacial score (nSPS) is 26.2. The molecule has 1 fully saturated rings. The summed E-state index contributed by atoms with van der Waals surface area (Å²) in [4.78, 5) is 12.8. The van der Waals surface area contributed by atoms with E-state index in [9.17, 15) is 9.90 Å². The van der Waals surface area contributed by atoms with Crippen LogP contribution in [0.3, 0.4) is 0 Å². The Morgan fingerprint density at radius 1 is 1.30 bits per heavy atom. The van der Waals surface area contributed by atoms with Gasteiger partial charge in [-0.25, -0.2) is 0 Å². The maximum absolute atomic E-state index is 12.8. The molecule has 1 N–H and O–H groups in total. The first-order valence-corrected chi connectivity index (χ1v) is 7.92. The smallest absolute Gasteiger partial charge is 0.170 e. The number of ketones is 1. The largest absolute Gasteiger partial charge is 0.506 e. The van der Waals surface area contributed by atoms with Crippen molar-refractivity contribution >= 4 is 29.0 Å². The fourth-order valence-electron chi connectivity index (χ4n) is 3.87. The van der Waals surface area contributed by atoms with E-state index in [1.165, 1.54) is 25.7 Å². The van der Waals surface area contributed by atoms with Crippen molar-refractivity contribution in [3.63, 3.8) is 0 Å². The number of halogens is 2. The number of fused-ring (bicyclic) bond motifs is 1. The lowest BCUT2D eigenvalue weighted by molar-refractivity contribution is 0.0804. The van der Waals surface area contributed by atoms with Crippen molar-refractivity contribution in [1.82, 2.24) is 0 Å². The summed E-state index contributed by atoms with van der Waals surface area (Å²) >= 11 is 12.1. The number of hydrogen-bond acceptors (Lipinski definition) is 2. The molecule has 2 aliphatic carbocycles. The highest BCUT2D eigenvalue weighted by Gasteiger charge is 2.45. The maximum Gasteiger partial charge on any atom is 0.170 e. The van der Waals surface area contributed by atoms with E-state index in [2.05, 4.69) is 0 Å². The first kappa shape index (κ1) is 14.2. The molecule has 0 heterocycles. The number of phenols is 1. The molecule has 0 spiro atoms. The van der Waals surface area contributed by atoms with E-state index in [0.29, 0.717) is 17.9 Å². The Labute approximate surface area is 129 Å². The summed E-state index contributed by atoms with van der Waals surface area (Å²) in [6, 6.07) is 1.60. The van der Waals surface area contributed by atoms with Gasteiger partial charge in [-0.05, 0) is 30.4 Å². The summed E-state index contributed by atoms with van der Waals surface area (Å²) in [5.74, 6) is 0.695. The molecule has 2 aliphatic rings. The van der Waals surface area contributed by atoms with Gasteiger partial charge in [-0.3, -0.25) is 4.79 Å². The minimum Gasteiger partial charge on any atom is -0.506 e. The molecule has 0 radical (unpaired) electrons. The Bertz CT molecular complexity index is 576. The Balaban J connectivity index is 1.95. The van der Waals surface area contributed by atoms with Gasteiger partial charge >= 0.3 is 0 Å². The van der Waals surface area contributed by atoms with Gasteiger partial charge in [0.15, 0.2) is 5.78 Å². The standard InChI is InChI=1S/C16H18Cl2O2/c1-16(7-9-4-2-3-5-9)8-10-6-11(19)13(17)14(18)12(10)15(16)20/h6,9,19H,2-5,7-8H2,1H3/t16-/m1/s1. The lowest BCUT2D eigenvalue weighted by atomic mass is 9.77. The SMILES string of the molecule is C[C@@]1(CC2CCCC2)Cc2cc(O)c(Cl)c(Cl)c2C1=O. The molecule has 0 unspecified atom stereocenters. The third kappa shape index (κ3) is 2.14. The molecule has 1 aromatic rings. The van der Waals surface area contributed by atoms with Crippen molar-refractivity contribution in [2.45, 2.75) is 45.4 Å². The second-order valence-electron chi connectivity index (χ2n) is 6.48. The Hall–Kier alpha value is -0.730. The molecule has 2 nitrogen and oxygen atoms in total. The van der Waals surface area contributed by atoms with E-state index in [1.807, 2.05) is 6.92 Å². The monoisotopic (exact) mass is 312 g/mol. The summed E-state index contributed by atoms with van der Waals surface area (Å²) < 4.78 is 0. The fourth-order valence-corrected chi connectivity index (χ4v) is 4.32.